The number of hydrogen-bond acceptors (Lipinski definition) is 4. The summed E-state index contributed by atoms with van der Waals surface area (Å²) in [5.41, 5.74) is 1.47. The number of aromatic nitrogens is 2. The summed E-state index contributed by atoms with van der Waals surface area (Å²) in [5, 5.41) is 10.0. The van der Waals surface area contributed by atoms with Crippen molar-refractivity contribution in [2.45, 2.75) is 32.6 Å². The molecule has 0 spiro atoms. The molecule has 0 radical (unpaired) electrons. The molecule has 0 saturated carbocycles. The Morgan fingerprint density at radius 3 is 2.48 bits per heavy atom. The fraction of sp³-hybridized carbons (Fsp3) is 0.308. The van der Waals surface area contributed by atoms with Crippen LogP contribution in [0.15, 0.2) is 67.2 Å². The molecule has 1 atom stereocenters. The molecular weight excluding hydrogens is 422 g/mol. The third-order valence-corrected chi connectivity index (χ3v) is 6.38. The molecule has 0 unspecified atom stereocenters. The van der Waals surface area contributed by atoms with E-state index >= 15 is 0 Å². The van der Waals surface area contributed by atoms with E-state index in [-0.39, 0.29) is 11.8 Å². The van der Waals surface area contributed by atoms with Crippen LogP contribution in [0.1, 0.15) is 43.9 Å². The Hall–Kier alpha value is -3.66. The molecule has 0 bridgehead atoms. The number of likely N-dealkylation sites (tertiary alicyclic amines) is 1. The first kappa shape index (κ1) is 24.0. The largest absolute Gasteiger partial charge is 0.339 e. The molecular formula is C26H26F2N4O. The maximum Gasteiger partial charge on any atom is 0.254 e. The third-order valence-electron chi connectivity index (χ3n) is 6.38. The first-order valence-electron chi connectivity index (χ1n) is 10.7. The lowest BCUT2D eigenvalue weighted by Crippen LogP contribution is -2.45. The molecule has 3 rings (SSSR count). The molecule has 1 aromatic carbocycles. The molecule has 2 heterocycles. The molecule has 0 aliphatic carbocycles. The van der Waals surface area contributed by atoms with Crippen molar-refractivity contribution in [3.8, 4) is 6.07 Å². The summed E-state index contributed by atoms with van der Waals surface area (Å²) < 4.78 is 27.5. The average molecular weight is 449 g/mol. The number of hydrogen-bond donors (Lipinski definition) is 0. The van der Waals surface area contributed by atoms with Gasteiger partial charge in [0.05, 0.1) is 17.2 Å². The molecule has 2 aromatic rings. The second kappa shape index (κ2) is 10.3. The van der Waals surface area contributed by atoms with E-state index < -0.39 is 17.0 Å². The van der Waals surface area contributed by atoms with E-state index in [0.29, 0.717) is 48.3 Å². The monoisotopic (exact) mass is 448 g/mol. The molecule has 1 aliphatic heterocycles. The molecule has 1 aromatic heterocycles. The Bertz CT molecular complexity index is 1110. The van der Waals surface area contributed by atoms with Gasteiger partial charge in [-0.25, -0.2) is 18.7 Å². The van der Waals surface area contributed by atoms with Crippen molar-refractivity contribution >= 4 is 11.5 Å². The SMILES string of the molecule is C=C/C=C\C(C(=O)N1CCC(C#N)([C@@H](C)c2cc(F)cc(F)c2)CC1)=C(/C)c1ccncn1. The number of carbonyl (C=O) groups excluding carboxylic acids is 1. The van der Waals surface area contributed by atoms with E-state index in [1.165, 1.54) is 18.5 Å². The Kier molecular flexibility index (Phi) is 7.49. The predicted molar refractivity (Wildman–Crippen MR) is 123 cm³/mol. The average Bonchev–Trinajstić information content (AvgIpc) is 2.83. The van der Waals surface area contributed by atoms with Crippen LogP contribution in [-0.2, 0) is 4.79 Å². The molecule has 33 heavy (non-hydrogen) atoms. The number of rotatable bonds is 6. The quantitative estimate of drug-likeness (QED) is 0.450. The number of nitriles is 1. The van der Waals surface area contributed by atoms with Crippen LogP contribution in [0.5, 0.6) is 0 Å². The lowest BCUT2D eigenvalue weighted by molar-refractivity contribution is -0.128. The summed E-state index contributed by atoms with van der Waals surface area (Å²) in [6, 6.07) is 7.49. The minimum atomic E-state index is -0.820. The first-order valence-corrected chi connectivity index (χ1v) is 10.7. The normalized spacial score (nSPS) is 17.2. The standard InChI is InChI=1S/C26H26F2N4O/c1-4-5-6-23(18(2)24-7-10-30-17-31-24)25(33)32-11-8-26(16-29,9-12-32)19(3)20-13-21(27)15-22(28)14-20/h4-7,10,13-15,17,19H,1,8-9,11-12H2,2-3H3/b6-5-,23-18-/t19-/m0/s1. The van der Waals surface area contributed by atoms with Gasteiger partial charge in [-0.2, -0.15) is 5.26 Å². The van der Waals surface area contributed by atoms with Crippen LogP contribution in [0, 0.1) is 28.4 Å². The molecule has 1 aliphatic rings. The van der Waals surface area contributed by atoms with Gasteiger partial charge in [-0.05, 0) is 55.2 Å². The summed E-state index contributed by atoms with van der Waals surface area (Å²) in [4.78, 5) is 23.3. The minimum Gasteiger partial charge on any atom is -0.339 e. The molecule has 1 amide bonds. The predicted octanol–water partition coefficient (Wildman–Crippen LogP) is 5.21. The summed E-state index contributed by atoms with van der Waals surface area (Å²) in [7, 11) is 0. The van der Waals surface area contributed by atoms with Crippen LogP contribution in [0.2, 0.25) is 0 Å². The minimum absolute atomic E-state index is 0.166. The van der Waals surface area contributed by atoms with E-state index in [9.17, 15) is 18.8 Å². The number of allylic oxidation sites excluding steroid dienone is 3. The van der Waals surface area contributed by atoms with Gasteiger partial charge in [-0.3, -0.25) is 4.79 Å². The van der Waals surface area contributed by atoms with Crippen molar-refractivity contribution in [1.82, 2.24) is 14.9 Å². The van der Waals surface area contributed by atoms with Gasteiger partial charge < -0.3 is 4.90 Å². The summed E-state index contributed by atoms with van der Waals surface area (Å²) >= 11 is 0. The summed E-state index contributed by atoms with van der Waals surface area (Å²) in [5.74, 6) is -1.88. The van der Waals surface area contributed by atoms with Crippen LogP contribution in [0.25, 0.3) is 5.57 Å². The number of halogens is 2. The molecule has 170 valence electrons. The molecule has 5 nitrogen and oxygen atoms in total. The Morgan fingerprint density at radius 1 is 1.27 bits per heavy atom. The second-order valence-electron chi connectivity index (χ2n) is 8.21. The Morgan fingerprint density at radius 2 is 1.94 bits per heavy atom. The van der Waals surface area contributed by atoms with E-state index in [1.807, 2.05) is 13.8 Å². The van der Waals surface area contributed by atoms with Crippen LogP contribution >= 0.6 is 0 Å². The van der Waals surface area contributed by atoms with Crippen molar-refractivity contribution in [3.05, 3.63) is 90.1 Å². The fourth-order valence-electron chi connectivity index (χ4n) is 4.24. The van der Waals surface area contributed by atoms with E-state index in [4.69, 9.17) is 0 Å². The zero-order valence-corrected chi connectivity index (χ0v) is 18.8. The zero-order valence-electron chi connectivity index (χ0n) is 18.8. The molecule has 1 saturated heterocycles. The van der Waals surface area contributed by atoms with Crippen molar-refractivity contribution in [1.29, 1.82) is 5.26 Å². The highest BCUT2D eigenvalue weighted by molar-refractivity contribution is 6.03. The maximum absolute atomic E-state index is 13.8. The van der Waals surface area contributed by atoms with Gasteiger partial charge in [-0.15, -0.1) is 0 Å². The smallest absolute Gasteiger partial charge is 0.254 e. The van der Waals surface area contributed by atoms with Gasteiger partial charge in [0.25, 0.3) is 5.91 Å². The van der Waals surface area contributed by atoms with E-state index in [2.05, 4.69) is 22.6 Å². The highest BCUT2D eigenvalue weighted by atomic mass is 19.1. The zero-order chi connectivity index (χ0) is 24.0. The van der Waals surface area contributed by atoms with Gasteiger partial charge in [0.2, 0.25) is 0 Å². The highest BCUT2D eigenvalue weighted by Crippen LogP contribution is 2.44. The Balaban J connectivity index is 1.84. The van der Waals surface area contributed by atoms with Gasteiger partial charge >= 0.3 is 0 Å². The van der Waals surface area contributed by atoms with E-state index in [0.717, 1.165) is 6.07 Å². The summed E-state index contributed by atoms with van der Waals surface area (Å²) in [6.07, 6.45) is 8.84. The van der Waals surface area contributed by atoms with Crippen LogP contribution in [0.3, 0.4) is 0 Å². The lowest BCUT2D eigenvalue weighted by Gasteiger charge is -2.41. The topological polar surface area (TPSA) is 69.9 Å². The number of benzene rings is 1. The number of piperidine rings is 1. The molecule has 0 N–H and O–H groups in total. The molecule has 7 heteroatoms. The molecule has 1 fully saturated rings. The van der Waals surface area contributed by atoms with Crippen LogP contribution < -0.4 is 0 Å². The second-order valence-corrected chi connectivity index (χ2v) is 8.21. The van der Waals surface area contributed by atoms with Crippen molar-refractivity contribution in [3.63, 3.8) is 0 Å². The number of carbonyl (C=O) groups is 1. The van der Waals surface area contributed by atoms with Gasteiger partial charge in [0.15, 0.2) is 0 Å². The number of amides is 1. The first-order chi connectivity index (χ1) is 15.8. The number of nitrogens with zero attached hydrogens (tertiary/aromatic N) is 4. The highest BCUT2D eigenvalue weighted by Gasteiger charge is 2.42. The van der Waals surface area contributed by atoms with Gasteiger partial charge in [0, 0.05) is 36.8 Å². The van der Waals surface area contributed by atoms with Crippen LogP contribution in [-0.4, -0.2) is 33.9 Å². The van der Waals surface area contributed by atoms with Crippen molar-refractivity contribution in [2.24, 2.45) is 5.41 Å². The lowest BCUT2D eigenvalue weighted by atomic mass is 9.68. The summed E-state index contributed by atoms with van der Waals surface area (Å²) in [6.45, 7) is 8.03. The van der Waals surface area contributed by atoms with E-state index in [1.54, 1.807) is 35.4 Å². The van der Waals surface area contributed by atoms with Crippen molar-refractivity contribution in [2.75, 3.05) is 13.1 Å². The van der Waals surface area contributed by atoms with Gasteiger partial charge in [0.1, 0.15) is 18.0 Å². The maximum atomic E-state index is 13.8. The third kappa shape index (κ3) is 5.23. The Labute approximate surface area is 192 Å². The van der Waals surface area contributed by atoms with Gasteiger partial charge in [-0.1, -0.05) is 25.7 Å². The van der Waals surface area contributed by atoms with Crippen molar-refractivity contribution < 1.29 is 13.6 Å². The fourth-order valence-corrected chi connectivity index (χ4v) is 4.24. The van der Waals surface area contributed by atoms with Crippen LogP contribution in [0.4, 0.5) is 8.78 Å².